The van der Waals surface area contributed by atoms with E-state index in [9.17, 15) is 13.2 Å². The van der Waals surface area contributed by atoms with E-state index in [1.807, 2.05) is 30.3 Å². The Bertz CT molecular complexity index is 1290. The second-order valence-electron chi connectivity index (χ2n) is 6.62. The Morgan fingerprint density at radius 3 is 2.65 bits per heavy atom. The fourth-order valence-electron chi connectivity index (χ4n) is 2.75. The highest BCUT2D eigenvalue weighted by Gasteiger charge is 2.38. The molecule has 0 saturated carbocycles. The Morgan fingerprint density at radius 2 is 1.97 bits per heavy atom. The van der Waals surface area contributed by atoms with Crippen LogP contribution in [0.5, 0.6) is 5.75 Å². The SMILES string of the molecule is CS(=O)(=O)C1=NN2C(=N)/C(=C/c3ccc(OCc4ccccc4)c(Br)c3)C(=O)N=C2S1. The molecule has 0 aromatic heterocycles. The number of fused-ring (bicyclic) bond motifs is 1. The fraction of sp³-hybridized carbons (Fsp3) is 0.100. The number of amidine groups is 2. The number of nitrogens with zero attached hydrogens (tertiary/aromatic N) is 3. The van der Waals surface area contributed by atoms with Crippen molar-refractivity contribution in [1.29, 1.82) is 5.41 Å². The van der Waals surface area contributed by atoms with E-state index < -0.39 is 15.7 Å². The molecule has 0 aliphatic carbocycles. The number of rotatable bonds is 4. The van der Waals surface area contributed by atoms with Gasteiger partial charge in [-0.1, -0.05) is 36.4 Å². The number of thioether (sulfide) groups is 1. The molecule has 2 aromatic carbocycles. The molecule has 0 atom stereocenters. The molecule has 2 aliphatic heterocycles. The third-order valence-electron chi connectivity index (χ3n) is 4.26. The van der Waals surface area contributed by atoms with Crippen molar-refractivity contribution in [2.24, 2.45) is 10.1 Å². The number of hydrogen-bond donors (Lipinski definition) is 1. The van der Waals surface area contributed by atoms with Gasteiger partial charge < -0.3 is 4.74 Å². The summed E-state index contributed by atoms with van der Waals surface area (Å²) in [6.07, 6.45) is 2.52. The molecule has 2 heterocycles. The normalized spacial score (nSPS) is 17.5. The van der Waals surface area contributed by atoms with Crippen LogP contribution < -0.4 is 4.74 Å². The van der Waals surface area contributed by atoms with E-state index in [0.717, 1.165) is 28.6 Å². The van der Waals surface area contributed by atoms with Gasteiger partial charge in [-0.2, -0.15) is 10.0 Å². The summed E-state index contributed by atoms with van der Waals surface area (Å²) in [7, 11) is -3.57. The molecule has 1 amide bonds. The first-order valence-corrected chi connectivity index (χ1v) is 12.4. The molecular formula is C20H15BrN4O4S2. The van der Waals surface area contributed by atoms with Gasteiger partial charge in [0.15, 0.2) is 5.84 Å². The van der Waals surface area contributed by atoms with Gasteiger partial charge in [0.05, 0.1) is 10.0 Å². The van der Waals surface area contributed by atoms with Gasteiger partial charge in [0.1, 0.15) is 12.4 Å². The van der Waals surface area contributed by atoms with Gasteiger partial charge in [0.2, 0.25) is 19.4 Å². The largest absolute Gasteiger partial charge is 0.488 e. The Hall–Kier alpha value is -2.76. The minimum absolute atomic E-state index is 0.00713. The van der Waals surface area contributed by atoms with Crippen molar-refractivity contribution in [3.63, 3.8) is 0 Å². The average Bonchev–Trinajstić information content (AvgIpc) is 3.16. The molecule has 0 spiro atoms. The van der Waals surface area contributed by atoms with Crippen LogP contribution in [0.2, 0.25) is 0 Å². The molecule has 2 aromatic rings. The summed E-state index contributed by atoms with van der Waals surface area (Å²) in [5.41, 5.74) is 1.69. The molecule has 0 fully saturated rings. The van der Waals surface area contributed by atoms with Crippen molar-refractivity contribution in [2.45, 2.75) is 6.61 Å². The molecule has 0 saturated heterocycles. The molecule has 0 unspecified atom stereocenters. The number of carbonyl (C=O) groups excluding carboxylic acids is 1. The van der Waals surface area contributed by atoms with Crippen LogP contribution in [0.15, 0.2) is 68.7 Å². The highest BCUT2D eigenvalue weighted by molar-refractivity contribution is 9.10. The summed E-state index contributed by atoms with van der Waals surface area (Å²) in [5.74, 6) is -0.231. The first-order chi connectivity index (χ1) is 14.7. The highest BCUT2D eigenvalue weighted by Crippen LogP contribution is 2.31. The fourth-order valence-corrected chi connectivity index (χ4v) is 4.95. The number of benzene rings is 2. The summed E-state index contributed by atoms with van der Waals surface area (Å²) < 4.78 is 29.8. The third-order valence-corrected chi connectivity index (χ3v) is 7.45. The number of sulfone groups is 1. The van der Waals surface area contributed by atoms with E-state index in [4.69, 9.17) is 10.1 Å². The number of nitrogens with one attached hydrogen (secondary N) is 1. The lowest BCUT2D eigenvalue weighted by Gasteiger charge is -2.20. The van der Waals surface area contributed by atoms with Crippen LogP contribution in [0, 0.1) is 5.41 Å². The maximum atomic E-state index is 12.4. The lowest BCUT2D eigenvalue weighted by Crippen LogP contribution is -2.35. The van der Waals surface area contributed by atoms with Crippen molar-refractivity contribution in [3.8, 4) is 5.75 Å². The minimum Gasteiger partial charge on any atom is -0.488 e. The number of hydrogen-bond acceptors (Lipinski definition) is 7. The molecule has 0 bridgehead atoms. The Kier molecular flexibility index (Phi) is 5.82. The summed E-state index contributed by atoms with van der Waals surface area (Å²) in [6.45, 7) is 0.411. The van der Waals surface area contributed by atoms with Gasteiger partial charge in [-0.15, -0.1) is 5.10 Å². The first kappa shape index (κ1) is 21.5. The van der Waals surface area contributed by atoms with Crippen molar-refractivity contribution in [3.05, 3.63) is 69.7 Å². The van der Waals surface area contributed by atoms with Gasteiger partial charge in [0, 0.05) is 6.26 Å². The topological polar surface area (TPSA) is 112 Å². The molecule has 4 rings (SSSR count). The summed E-state index contributed by atoms with van der Waals surface area (Å²) in [4.78, 5) is 16.3. The van der Waals surface area contributed by atoms with E-state index in [-0.39, 0.29) is 21.0 Å². The quantitative estimate of drug-likeness (QED) is 0.618. The second-order valence-corrected chi connectivity index (χ2v) is 10.6. The summed E-state index contributed by atoms with van der Waals surface area (Å²) in [5, 5.41) is 13.3. The molecule has 8 nitrogen and oxygen atoms in total. The summed E-state index contributed by atoms with van der Waals surface area (Å²) in [6, 6.07) is 15.0. The molecule has 1 N–H and O–H groups in total. The zero-order valence-electron chi connectivity index (χ0n) is 16.1. The van der Waals surface area contributed by atoms with Crippen LogP contribution in [-0.2, 0) is 21.2 Å². The van der Waals surface area contributed by atoms with Crippen molar-refractivity contribution >= 4 is 64.9 Å². The van der Waals surface area contributed by atoms with Crippen LogP contribution in [0.4, 0.5) is 0 Å². The number of halogens is 1. The Morgan fingerprint density at radius 1 is 1.23 bits per heavy atom. The van der Waals surface area contributed by atoms with E-state index >= 15 is 0 Å². The van der Waals surface area contributed by atoms with Crippen molar-refractivity contribution < 1.29 is 17.9 Å². The Balaban J connectivity index is 1.56. The highest BCUT2D eigenvalue weighted by atomic mass is 79.9. The molecule has 158 valence electrons. The molecular weight excluding hydrogens is 504 g/mol. The van der Waals surface area contributed by atoms with Crippen LogP contribution in [0.3, 0.4) is 0 Å². The van der Waals surface area contributed by atoms with Crippen molar-refractivity contribution in [1.82, 2.24) is 5.01 Å². The predicted molar refractivity (Wildman–Crippen MR) is 125 cm³/mol. The number of ether oxygens (including phenoxy) is 1. The smallest absolute Gasteiger partial charge is 0.283 e. The maximum Gasteiger partial charge on any atom is 0.283 e. The van der Waals surface area contributed by atoms with Crippen molar-refractivity contribution in [2.75, 3.05) is 6.26 Å². The van der Waals surface area contributed by atoms with Crippen LogP contribution in [-0.4, -0.2) is 41.0 Å². The average molecular weight is 519 g/mol. The lowest BCUT2D eigenvalue weighted by molar-refractivity contribution is -0.114. The van der Waals surface area contributed by atoms with Gasteiger partial charge >= 0.3 is 0 Å². The number of aliphatic imine (C=N–C) groups is 1. The summed E-state index contributed by atoms with van der Waals surface area (Å²) >= 11 is 4.22. The Labute approximate surface area is 191 Å². The van der Waals surface area contributed by atoms with Gasteiger partial charge in [-0.3, -0.25) is 10.2 Å². The maximum absolute atomic E-state index is 12.4. The van der Waals surface area contributed by atoms with E-state index in [1.165, 1.54) is 6.08 Å². The predicted octanol–water partition coefficient (Wildman–Crippen LogP) is 3.65. The molecule has 2 aliphatic rings. The molecule has 0 radical (unpaired) electrons. The van der Waals surface area contributed by atoms with Gasteiger partial charge in [-0.05, 0) is 57.0 Å². The van der Waals surface area contributed by atoms with E-state index in [0.29, 0.717) is 22.4 Å². The minimum atomic E-state index is -3.57. The zero-order valence-corrected chi connectivity index (χ0v) is 19.3. The van der Waals surface area contributed by atoms with E-state index in [1.54, 1.807) is 18.2 Å². The molecule has 31 heavy (non-hydrogen) atoms. The van der Waals surface area contributed by atoms with Gasteiger partial charge in [0.25, 0.3) is 5.91 Å². The lowest BCUT2D eigenvalue weighted by atomic mass is 10.1. The number of amides is 1. The first-order valence-electron chi connectivity index (χ1n) is 8.89. The second kappa shape index (κ2) is 8.40. The van der Waals surface area contributed by atoms with Crippen LogP contribution in [0.1, 0.15) is 11.1 Å². The van der Waals surface area contributed by atoms with Crippen LogP contribution >= 0.6 is 27.7 Å². The van der Waals surface area contributed by atoms with Crippen LogP contribution in [0.25, 0.3) is 6.08 Å². The number of hydrazone groups is 1. The standard InChI is InChI=1S/C20H15BrN4O4S2/c1-31(27,28)20-24-25-17(22)14(18(26)23-19(25)30-20)9-13-7-8-16(15(21)10-13)29-11-12-5-3-2-4-6-12/h2-10,22H,11H2,1H3/b14-9-,22-17?. The monoisotopic (exact) mass is 518 g/mol. The molecule has 11 heteroatoms. The third kappa shape index (κ3) is 4.63. The number of carbonyl (C=O) groups is 1. The zero-order chi connectivity index (χ0) is 22.2. The van der Waals surface area contributed by atoms with Gasteiger partial charge in [-0.25, -0.2) is 8.42 Å². The van der Waals surface area contributed by atoms with E-state index in [2.05, 4.69) is 26.0 Å².